The highest BCUT2D eigenvalue weighted by Gasteiger charge is 2.07. The molecule has 2 aromatic rings. The molecule has 0 N–H and O–H groups in total. The largest absolute Gasteiger partial charge is 0.594 e. The van der Waals surface area contributed by atoms with Gasteiger partial charge in [-0.15, -0.1) is 0 Å². The number of anilines is 1. The molecule has 92 valence electrons. The van der Waals surface area contributed by atoms with Gasteiger partial charge in [0, 0.05) is 31.3 Å². The third kappa shape index (κ3) is 2.66. The maximum Gasteiger partial charge on any atom is 0.244 e. The summed E-state index contributed by atoms with van der Waals surface area (Å²) in [5.41, 5.74) is 2.08. The molecule has 0 heterocycles. The molecule has 0 fully saturated rings. The van der Waals surface area contributed by atoms with Gasteiger partial charge >= 0.3 is 0 Å². The topological polar surface area (TPSA) is 41.7 Å². The lowest BCUT2D eigenvalue weighted by atomic mass is 10.2. The number of hydrogen-bond donors (Lipinski definition) is 0. The Kier molecular flexibility index (Phi) is 3.57. The van der Waals surface area contributed by atoms with E-state index in [0.717, 1.165) is 5.69 Å². The first-order valence-electron chi connectivity index (χ1n) is 5.69. The summed E-state index contributed by atoms with van der Waals surface area (Å²) < 4.78 is 0. The van der Waals surface area contributed by atoms with Crippen LogP contribution in [0.3, 0.4) is 0 Å². The van der Waals surface area contributed by atoms with Crippen molar-refractivity contribution in [2.75, 3.05) is 19.0 Å². The monoisotopic (exact) mass is 241 g/mol. The van der Waals surface area contributed by atoms with Gasteiger partial charge in [-0.3, -0.25) is 0 Å². The van der Waals surface area contributed by atoms with Crippen LogP contribution >= 0.6 is 0 Å². The summed E-state index contributed by atoms with van der Waals surface area (Å²) in [6.07, 6.45) is 0. The van der Waals surface area contributed by atoms with Gasteiger partial charge in [0.25, 0.3) is 0 Å². The van der Waals surface area contributed by atoms with Crippen molar-refractivity contribution in [2.45, 2.75) is 0 Å². The van der Waals surface area contributed by atoms with Gasteiger partial charge in [0.15, 0.2) is 5.69 Å². The minimum absolute atomic E-state index is 0.519. The van der Waals surface area contributed by atoms with Gasteiger partial charge in [0.05, 0.1) is 5.69 Å². The van der Waals surface area contributed by atoms with E-state index in [0.29, 0.717) is 16.2 Å². The van der Waals surface area contributed by atoms with E-state index in [9.17, 15) is 5.21 Å². The zero-order chi connectivity index (χ0) is 13.0. The molecule has 4 heteroatoms. The highest BCUT2D eigenvalue weighted by atomic mass is 16.5. The Bertz CT molecular complexity index is 550. The molecule has 0 aliphatic rings. The second-order valence-electron chi connectivity index (χ2n) is 4.09. The molecule has 18 heavy (non-hydrogen) atoms. The lowest BCUT2D eigenvalue weighted by Gasteiger charge is -2.13. The molecular weight excluding hydrogens is 226 g/mol. The zero-order valence-corrected chi connectivity index (χ0v) is 10.4. The molecule has 0 amide bonds. The molecule has 0 saturated heterocycles. The molecule has 0 unspecified atom stereocenters. The first kappa shape index (κ1) is 12.1. The smallest absolute Gasteiger partial charge is 0.244 e. The van der Waals surface area contributed by atoms with Gasteiger partial charge in [-0.2, -0.15) is 0 Å². The highest BCUT2D eigenvalue weighted by Crippen LogP contribution is 2.27. The Hall–Kier alpha value is -2.36. The van der Waals surface area contributed by atoms with E-state index in [1.807, 2.05) is 61.5 Å². The first-order valence-corrected chi connectivity index (χ1v) is 5.69. The molecule has 0 bridgehead atoms. The van der Waals surface area contributed by atoms with Crippen LogP contribution in [-0.4, -0.2) is 19.0 Å². The SMILES string of the molecule is CN(C)c1ccccc1N=[N+]([O-])c1ccccc1. The number of hydrogen-bond acceptors (Lipinski definition) is 3. The van der Waals surface area contributed by atoms with Crippen LogP contribution in [0.5, 0.6) is 0 Å². The minimum atomic E-state index is 0.519. The van der Waals surface area contributed by atoms with Crippen molar-refractivity contribution in [3.8, 4) is 0 Å². The van der Waals surface area contributed by atoms with E-state index in [2.05, 4.69) is 5.11 Å². The van der Waals surface area contributed by atoms with E-state index < -0.39 is 0 Å². The van der Waals surface area contributed by atoms with Crippen molar-refractivity contribution < 1.29 is 4.86 Å². The van der Waals surface area contributed by atoms with E-state index in [1.165, 1.54) is 0 Å². The lowest BCUT2D eigenvalue weighted by molar-refractivity contribution is -0.435. The van der Waals surface area contributed by atoms with Gasteiger partial charge in [-0.1, -0.05) is 35.2 Å². The standard InChI is InChI=1S/C14H15N3O/c1-16(2)14-11-7-6-10-13(14)15-17(18)12-8-4-3-5-9-12/h3-11H,1-2H3. The molecule has 0 aromatic heterocycles. The summed E-state index contributed by atoms with van der Waals surface area (Å²) in [4.78, 5) is 2.57. The summed E-state index contributed by atoms with van der Waals surface area (Å²) in [6, 6.07) is 16.5. The minimum Gasteiger partial charge on any atom is -0.594 e. The van der Waals surface area contributed by atoms with Crippen LogP contribution in [0.4, 0.5) is 17.1 Å². The van der Waals surface area contributed by atoms with Gasteiger partial charge in [-0.25, -0.2) is 0 Å². The summed E-state index contributed by atoms with van der Waals surface area (Å²) >= 11 is 0. The van der Waals surface area contributed by atoms with Crippen molar-refractivity contribution in [3.63, 3.8) is 0 Å². The summed E-state index contributed by atoms with van der Waals surface area (Å²) in [7, 11) is 3.85. The third-order valence-corrected chi connectivity index (χ3v) is 2.54. The van der Waals surface area contributed by atoms with E-state index in [1.54, 1.807) is 12.1 Å². The lowest BCUT2D eigenvalue weighted by Crippen LogP contribution is -2.08. The van der Waals surface area contributed by atoms with Crippen LogP contribution in [-0.2, 0) is 0 Å². The molecular formula is C14H15N3O. The van der Waals surface area contributed by atoms with E-state index >= 15 is 0 Å². The van der Waals surface area contributed by atoms with Crippen LogP contribution in [0.2, 0.25) is 0 Å². The molecule has 0 aliphatic heterocycles. The predicted octanol–water partition coefficient (Wildman–Crippen LogP) is 3.68. The predicted molar refractivity (Wildman–Crippen MR) is 72.6 cm³/mol. The fourth-order valence-electron chi connectivity index (χ4n) is 1.64. The average Bonchev–Trinajstić information content (AvgIpc) is 2.40. The normalized spacial score (nSPS) is 11.3. The Morgan fingerprint density at radius 2 is 1.56 bits per heavy atom. The van der Waals surface area contributed by atoms with Gasteiger partial charge in [-0.05, 0) is 12.1 Å². The van der Waals surface area contributed by atoms with Crippen LogP contribution in [0.15, 0.2) is 59.7 Å². The Morgan fingerprint density at radius 3 is 2.22 bits per heavy atom. The molecule has 2 rings (SSSR count). The average molecular weight is 241 g/mol. The van der Waals surface area contributed by atoms with Crippen molar-refractivity contribution >= 4 is 17.1 Å². The number of para-hydroxylation sites is 2. The second-order valence-corrected chi connectivity index (χ2v) is 4.09. The quantitative estimate of drug-likeness (QED) is 0.467. The van der Waals surface area contributed by atoms with E-state index in [-0.39, 0.29) is 0 Å². The third-order valence-electron chi connectivity index (χ3n) is 2.54. The summed E-state index contributed by atoms with van der Waals surface area (Å²) in [6.45, 7) is 0. The number of nitrogens with zero attached hydrogens (tertiary/aromatic N) is 3. The number of benzene rings is 2. The fourth-order valence-corrected chi connectivity index (χ4v) is 1.64. The molecule has 4 nitrogen and oxygen atoms in total. The van der Waals surface area contributed by atoms with Crippen LogP contribution in [0.25, 0.3) is 0 Å². The molecule has 0 spiro atoms. The van der Waals surface area contributed by atoms with E-state index in [4.69, 9.17) is 0 Å². The van der Waals surface area contributed by atoms with Crippen molar-refractivity contribution in [1.82, 2.24) is 0 Å². The molecule has 0 atom stereocenters. The van der Waals surface area contributed by atoms with Crippen molar-refractivity contribution in [3.05, 3.63) is 59.8 Å². The van der Waals surface area contributed by atoms with Crippen molar-refractivity contribution in [1.29, 1.82) is 0 Å². The Morgan fingerprint density at radius 1 is 0.944 bits per heavy atom. The highest BCUT2D eigenvalue weighted by molar-refractivity contribution is 5.65. The zero-order valence-electron chi connectivity index (χ0n) is 10.4. The van der Waals surface area contributed by atoms with Gasteiger partial charge in [0.2, 0.25) is 5.69 Å². The van der Waals surface area contributed by atoms with Crippen LogP contribution in [0, 0.1) is 5.21 Å². The number of rotatable bonds is 3. The molecule has 0 aliphatic carbocycles. The fraction of sp³-hybridized carbons (Fsp3) is 0.143. The number of azo groups is 1. The first-order chi connectivity index (χ1) is 8.68. The maximum absolute atomic E-state index is 11.9. The maximum atomic E-state index is 11.9. The Balaban J connectivity index is 2.39. The second kappa shape index (κ2) is 5.31. The summed E-state index contributed by atoms with van der Waals surface area (Å²) in [5.74, 6) is 0. The summed E-state index contributed by atoms with van der Waals surface area (Å²) in [5, 5.41) is 16.0. The van der Waals surface area contributed by atoms with Crippen LogP contribution < -0.4 is 4.90 Å². The van der Waals surface area contributed by atoms with Gasteiger partial charge in [0.1, 0.15) is 0 Å². The molecule has 0 saturated carbocycles. The van der Waals surface area contributed by atoms with Crippen LogP contribution in [0.1, 0.15) is 0 Å². The molecule has 0 radical (unpaired) electrons. The van der Waals surface area contributed by atoms with Crippen molar-refractivity contribution in [2.24, 2.45) is 5.11 Å². The van der Waals surface area contributed by atoms with Gasteiger partial charge < -0.3 is 10.1 Å². The molecule has 2 aromatic carbocycles. The Labute approximate surface area is 106 Å².